The number of hydrogen-bond donors (Lipinski definition) is 1. The lowest BCUT2D eigenvalue weighted by Gasteiger charge is -2.08. The van der Waals surface area contributed by atoms with Gasteiger partial charge in [-0.05, 0) is 48.9 Å². The number of rotatable bonds is 2. The fourth-order valence-corrected chi connectivity index (χ4v) is 2.01. The summed E-state index contributed by atoms with van der Waals surface area (Å²) in [5.41, 5.74) is 2.18. The Morgan fingerprint density at radius 3 is 2.44 bits per heavy atom. The van der Waals surface area contributed by atoms with Gasteiger partial charge in [0.05, 0.1) is 0 Å². The highest BCUT2D eigenvalue weighted by Crippen LogP contribution is 2.20. The molecular weight excluding hydrogens is 269 g/mol. The Hall–Kier alpha value is -1.51. The summed E-state index contributed by atoms with van der Waals surface area (Å²) in [5.74, 6) is -0.192. The highest BCUT2D eigenvalue weighted by atomic mass is 35.5. The Balaban J connectivity index is 2.21. The Labute approximate surface area is 116 Å². The minimum Gasteiger partial charge on any atom is -0.322 e. The Morgan fingerprint density at radius 1 is 1.06 bits per heavy atom. The van der Waals surface area contributed by atoms with E-state index in [0.29, 0.717) is 15.6 Å². The summed E-state index contributed by atoms with van der Waals surface area (Å²) in [6.07, 6.45) is 0. The van der Waals surface area contributed by atoms with Crippen molar-refractivity contribution in [3.8, 4) is 0 Å². The van der Waals surface area contributed by atoms with Crippen LogP contribution in [0.4, 0.5) is 5.69 Å². The molecule has 0 bridgehead atoms. The fourth-order valence-electron chi connectivity index (χ4n) is 1.59. The molecule has 1 amide bonds. The maximum Gasteiger partial charge on any atom is 0.255 e. The van der Waals surface area contributed by atoms with Gasteiger partial charge >= 0.3 is 0 Å². The van der Waals surface area contributed by atoms with E-state index in [0.717, 1.165) is 11.3 Å². The molecule has 18 heavy (non-hydrogen) atoms. The van der Waals surface area contributed by atoms with Crippen molar-refractivity contribution in [2.45, 2.75) is 6.92 Å². The van der Waals surface area contributed by atoms with Crippen molar-refractivity contribution in [3.05, 3.63) is 63.6 Å². The minimum atomic E-state index is -0.192. The maximum absolute atomic E-state index is 12.0. The molecular formula is C14H11Cl2NO. The number of benzene rings is 2. The van der Waals surface area contributed by atoms with Crippen molar-refractivity contribution < 1.29 is 4.79 Å². The van der Waals surface area contributed by atoms with Gasteiger partial charge < -0.3 is 5.32 Å². The third kappa shape index (κ3) is 3.03. The lowest BCUT2D eigenvalue weighted by atomic mass is 10.1. The number of hydrogen-bond acceptors (Lipinski definition) is 1. The number of nitrogens with one attached hydrogen (secondary N) is 1. The summed E-state index contributed by atoms with van der Waals surface area (Å²) in [4.78, 5) is 12.0. The van der Waals surface area contributed by atoms with Gasteiger partial charge in [-0.15, -0.1) is 0 Å². The number of carbonyl (C=O) groups excluding carboxylic acids is 1. The van der Waals surface area contributed by atoms with Crippen LogP contribution < -0.4 is 5.32 Å². The van der Waals surface area contributed by atoms with Crippen LogP contribution in [0.2, 0.25) is 10.0 Å². The highest BCUT2D eigenvalue weighted by Gasteiger charge is 2.08. The zero-order valence-corrected chi connectivity index (χ0v) is 11.2. The minimum absolute atomic E-state index is 0.192. The monoisotopic (exact) mass is 279 g/mol. The maximum atomic E-state index is 12.0. The summed E-state index contributed by atoms with van der Waals surface area (Å²) in [7, 11) is 0. The van der Waals surface area contributed by atoms with Crippen molar-refractivity contribution in [2.24, 2.45) is 0 Å². The first kappa shape index (κ1) is 12.9. The van der Waals surface area contributed by atoms with E-state index < -0.39 is 0 Å². The van der Waals surface area contributed by atoms with Gasteiger partial charge in [-0.1, -0.05) is 29.3 Å². The summed E-state index contributed by atoms with van der Waals surface area (Å²) >= 11 is 11.7. The van der Waals surface area contributed by atoms with Gasteiger partial charge in [0.15, 0.2) is 0 Å². The van der Waals surface area contributed by atoms with Gasteiger partial charge in [0.2, 0.25) is 0 Å². The van der Waals surface area contributed by atoms with E-state index in [9.17, 15) is 4.79 Å². The number of anilines is 1. The number of halogens is 2. The molecule has 2 aromatic carbocycles. The van der Waals surface area contributed by atoms with Crippen LogP contribution in [0, 0.1) is 6.92 Å². The molecule has 0 saturated heterocycles. The Bertz CT molecular complexity index is 596. The van der Waals surface area contributed by atoms with E-state index >= 15 is 0 Å². The van der Waals surface area contributed by atoms with Gasteiger partial charge in [0.25, 0.3) is 5.91 Å². The van der Waals surface area contributed by atoms with Crippen molar-refractivity contribution in [1.29, 1.82) is 0 Å². The van der Waals surface area contributed by atoms with E-state index in [-0.39, 0.29) is 5.91 Å². The average molecular weight is 280 g/mol. The molecule has 2 aromatic rings. The van der Waals surface area contributed by atoms with Crippen LogP contribution in [0.5, 0.6) is 0 Å². The molecule has 0 heterocycles. The zero-order chi connectivity index (χ0) is 13.1. The molecule has 0 spiro atoms. The van der Waals surface area contributed by atoms with Crippen LogP contribution in [0.15, 0.2) is 42.5 Å². The van der Waals surface area contributed by atoms with E-state index in [4.69, 9.17) is 23.2 Å². The van der Waals surface area contributed by atoms with E-state index in [1.54, 1.807) is 42.5 Å². The highest BCUT2D eigenvalue weighted by molar-refractivity contribution is 6.31. The summed E-state index contributed by atoms with van der Waals surface area (Å²) in [6, 6.07) is 12.1. The molecule has 0 aromatic heterocycles. The van der Waals surface area contributed by atoms with E-state index in [1.807, 2.05) is 6.92 Å². The molecule has 0 unspecified atom stereocenters. The average Bonchev–Trinajstić information content (AvgIpc) is 2.32. The second kappa shape index (κ2) is 5.42. The topological polar surface area (TPSA) is 29.1 Å². The number of carbonyl (C=O) groups is 1. The molecule has 0 aliphatic carbocycles. The lowest BCUT2D eigenvalue weighted by molar-refractivity contribution is 0.102. The summed E-state index contributed by atoms with van der Waals surface area (Å²) in [6.45, 7) is 1.89. The zero-order valence-electron chi connectivity index (χ0n) is 9.71. The van der Waals surface area contributed by atoms with Gasteiger partial charge in [-0.3, -0.25) is 4.79 Å². The first-order valence-corrected chi connectivity index (χ1v) is 6.15. The Morgan fingerprint density at radius 2 is 1.78 bits per heavy atom. The molecule has 0 saturated carbocycles. The van der Waals surface area contributed by atoms with Crippen molar-refractivity contribution in [3.63, 3.8) is 0 Å². The molecule has 2 rings (SSSR count). The van der Waals surface area contributed by atoms with Crippen LogP contribution in [0.3, 0.4) is 0 Å². The molecule has 0 atom stereocenters. The van der Waals surface area contributed by atoms with Crippen molar-refractivity contribution in [1.82, 2.24) is 0 Å². The van der Waals surface area contributed by atoms with Crippen LogP contribution >= 0.6 is 23.2 Å². The third-order valence-electron chi connectivity index (χ3n) is 2.52. The molecule has 0 aliphatic heterocycles. The normalized spacial score (nSPS) is 10.2. The largest absolute Gasteiger partial charge is 0.322 e. The van der Waals surface area contributed by atoms with Crippen LogP contribution in [-0.2, 0) is 0 Å². The van der Waals surface area contributed by atoms with Gasteiger partial charge in [0, 0.05) is 21.3 Å². The predicted octanol–water partition coefficient (Wildman–Crippen LogP) is 4.55. The Kier molecular flexibility index (Phi) is 3.90. The van der Waals surface area contributed by atoms with Crippen molar-refractivity contribution in [2.75, 3.05) is 5.32 Å². The first-order chi connectivity index (χ1) is 8.56. The first-order valence-electron chi connectivity index (χ1n) is 5.39. The molecule has 0 fully saturated rings. The number of amides is 1. The molecule has 0 radical (unpaired) electrons. The van der Waals surface area contributed by atoms with Gasteiger partial charge in [0.1, 0.15) is 0 Å². The third-order valence-corrected chi connectivity index (χ3v) is 2.99. The van der Waals surface area contributed by atoms with E-state index in [2.05, 4.69) is 5.32 Å². The van der Waals surface area contributed by atoms with Gasteiger partial charge in [-0.25, -0.2) is 0 Å². The summed E-state index contributed by atoms with van der Waals surface area (Å²) in [5, 5.41) is 4.01. The molecule has 92 valence electrons. The summed E-state index contributed by atoms with van der Waals surface area (Å²) < 4.78 is 0. The SMILES string of the molecule is Cc1cc(Cl)ccc1NC(=O)c1cccc(Cl)c1. The van der Waals surface area contributed by atoms with Crippen LogP contribution in [0.25, 0.3) is 0 Å². The second-order valence-corrected chi connectivity index (χ2v) is 4.80. The fraction of sp³-hybridized carbons (Fsp3) is 0.0714. The molecule has 2 nitrogen and oxygen atoms in total. The van der Waals surface area contributed by atoms with Crippen LogP contribution in [0.1, 0.15) is 15.9 Å². The predicted molar refractivity (Wildman–Crippen MR) is 75.6 cm³/mol. The van der Waals surface area contributed by atoms with Gasteiger partial charge in [-0.2, -0.15) is 0 Å². The lowest BCUT2D eigenvalue weighted by Crippen LogP contribution is -2.12. The van der Waals surface area contributed by atoms with Crippen LogP contribution in [-0.4, -0.2) is 5.91 Å². The molecule has 1 N–H and O–H groups in total. The van der Waals surface area contributed by atoms with E-state index in [1.165, 1.54) is 0 Å². The van der Waals surface area contributed by atoms with Crippen molar-refractivity contribution >= 4 is 34.8 Å². The smallest absolute Gasteiger partial charge is 0.255 e. The number of aryl methyl sites for hydroxylation is 1. The molecule has 4 heteroatoms. The quantitative estimate of drug-likeness (QED) is 0.858. The standard InChI is InChI=1S/C14H11Cl2NO/c1-9-7-12(16)5-6-13(9)17-14(18)10-3-2-4-11(15)8-10/h2-8H,1H3,(H,17,18). The molecule has 0 aliphatic rings. The second-order valence-electron chi connectivity index (χ2n) is 3.92.